The minimum absolute atomic E-state index is 0.0752. The summed E-state index contributed by atoms with van der Waals surface area (Å²) in [6.45, 7) is 1.67. The molecule has 0 fully saturated rings. The van der Waals surface area contributed by atoms with Crippen LogP contribution in [0.15, 0.2) is 69.4 Å². The molecule has 1 aliphatic rings. The van der Waals surface area contributed by atoms with Gasteiger partial charge in [0.1, 0.15) is 5.69 Å². The van der Waals surface area contributed by atoms with Crippen LogP contribution in [0, 0.1) is 17.0 Å². The summed E-state index contributed by atoms with van der Waals surface area (Å²) >= 11 is 3.16. The summed E-state index contributed by atoms with van der Waals surface area (Å²) in [5, 5.41) is 16.1. The number of nitro benzene ring substituents is 1. The zero-order valence-electron chi connectivity index (χ0n) is 14.9. The van der Waals surface area contributed by atoms with Gasteiger partial charge in [0.15, 0.2) is 5.16 Å². The molecule has 9 heteroatoms. The Morgan fingerprint density at radius 1 is 1.18 bits per heavy atom. The summed E-state index contributed by atoms with van der Waals surface area (Å²) in [6, 6.07) is 16.5. The molecular formula is C19H16N4O3S2. The molecule has 2 aromatic carbocycles. The van der Waals surface area contributed by atoms with Crippen LogP contribution in [-0.4, -0.2) is 30.7 Å². The van der Waals surface area contributed by atoms with Gasteiger partial charge in [-0.25, -0.2) is 4.68 Å². The Morgan fingerprint density at radius 2 is 1.89 bits per heavy atom. The Morgan fingerprint density at radius 3 is 2.57 bits per heavy atom. The van der Waals surface area contributed by atoms with Crippen molar-refractivity contribution in [2.45, 2.75) is 28.3 Å². The van der Waals surface area contributed by atoms with Gasteiger partial charge in [-0.1, -0.05) is 42.1 Å². The minimum atomic E-state index is -0.400. The largest absolute Gasteiger partial charge is 0.295 e. The first-order valence-corrected chi connectivity index (χ1v) is 10.5. The summed E-state index contributed by atoms with van der Waals surface area (Å²) in [6.07, 6.45) is 0. The van der Waals surface area contributed by atoms with Crippen LogP contribution in [-0.2, 0) is 0 Å². The highest BCUT2D eigenvalue weighted by Crippen LogP contribution is 2.42. The van der Waals surface area contributed by atoms with Crippen LogP contribution in [0.5, 0.6) is 0 Å². The molecule has 28 heavy (non-hydrogen) atoms. The fourth-order valence-electron chi connectivity index (χ4n) is 3.08. The number of thioether (sulfide) groups is 2. The van der Waals surface area contributed by atoms with E-state index in [0.29, 0.717) is 10.9 Å². The van der Waals surface area contributed by atoms with E-state index in [0.717, 1.165) is 16.2 Å². The summed E-state index contributed by atoms with van der Waals surface area (Å²) in [4.78, 5) is 27.6. The number of nitrogens with zero attached hydrogens (tertiary/aromatic N) is 4. The molecule has 4 rings (SSSR count). The van der Waals surface area contributed by atoms with Crippen LogP contribution in [0.25, 0.3) is 0 Å². The summed E-state index contributed by atoms with van der Waals surface area (Å²) in [5.74, 6) is 0.748. The highest BCUT2D eigenvalue weighted by Gasteiger charge is 2.33. The van der Waals surface area contributed by atoms with Gasteiger partial charge < -0.3 is 0 Å². The number of benzene rings is 2. The minimum Gasteiger partial charge on any atom is -0.265 e. The highest BCUT2D eigenvalue weighted by atomic mass is 32.2. The third kappa shape index (κ3) is 3.67. The van der Waals surface area contributed by atoms with Crippen molar-refractivity contribution in [2.75, 3.05) is 5.75 Å². The van der Waals surface area contributed by atoms with E-state index < -0.39 is 4.92 Å². The lowest BCUT2D eigenvalue weighted by Gasteiger charge is -2.33. The lowest BCUT2D eigenvalue weighted by atomic mass is 10.0. The maximum atomic E-state index is 11.9. The molecule has 0 N–H and O–H groups in total. The van der Waals surface area contributed by atoms with E-state index in [9.17, 15) is 14.9 Å². The van der Waals surface area contributed by atoms with Crippen molar-refractivity contribution in [3.8, 4) is 0 Å². The molecule has 2 atom stereocenters. The van der Waals surface area contributed by atoms with E-state index in [1.54, 1.807) is 30.8 Å². The second-order valence-electron chi connectivity index (χ2n) is 6.30. The smallest absolute Gasteiger partial charge is 0.265 e. The van der Waals surface area contributed by atoms with Gasteiger partial charge in [0.2, 0.25) is 0 Å². The Hall–Kier alpha value is -2.65. The average Bonchev–Trinajstić information content (AvgIpc) is 2.70. The maximum absolute atomic E-state index is 11.9. The van der Waals surface area contributed by atoms with E-state index in [2.05, 4.69) is 10.1 Å². The monoisotopic (exact) mass is 412 g/mol. The van der Waals surface area contributed by atoms with Gasteiger partial charge in [0.25, 0.3) is 11.2 Å². The van der Waals surface area contributed by atoms with Crippen molar-refractivity contribution in [3.05, 3.63) is 86.3 Å². The van der Waals surface area contributed by atoms with Gasteiger partial charge in [-0.15, -0.1) is 11.8 Å². The van der Waals surface area contributed by atoms with Crippen LogP contribution >= 0.6 is 23.5 Å². The summed E-state index contributed by atoms with van der Waals surface area (Å²) in [5.41, 5.74) is 1.23. The topological polar surface area (TPSA) is 90.9 Å². The number of aryl methyl sites for hydroxylation is 1. The molecule has 0 saturated carbocycles. The first kappa shape index (κ1) is 18.7. The molecule has 0 bridgehead atoms. The van der Waals surface area contributed by atoms with Crippen LogP contribution in [0.4, 0.5) is 5.69 Å². The Balaban J connectivity index is 1.72. The van der Waals surface area contributed by atoms with Gasteiger partial charge in [-0.3, -0.25) is 14.9 Å². The first-order valence-electron chi connectivity index (χ1n) is 8.59. The number of aromatic nitrogens is 3. The number of fused-ring (bicyclic) bond motifs is 1. The van der Waals surface area contributed by atoms with Crippen molar-refractivity contribution in [2.24, 2.45) is 0 Å². The van der Waals surface area contributed by atoms with E-state index >= 15 is 0 Å². The molecule has 1 aromatic heterocycles. The van der Waals surface area contributed by atoms with Gasteiger partial charge in [-0.05, 0) is 24.6 Å². The van der Waals surface area contributed by atoms with Crippen LogP contribution < -0.4 is 5.56 Å². The molecule has 7 nitrogen and oxygen atoms in total. The molecule has 0 spiro atoms. The molecule has 3 aromatic rings. The molecule has 2 heterocycles. The quantitative estimate of drug-likeness (QED) is 0.476. The number of hydrogen-bond acceptors (Lipinski definition) is 7. The first-order chi connectivity index (χ1) is 13.5. The van der Waals surface area contributed by atoms with Gasteiger partial charge in [-0.2, -0.15) is 10.1 Å². The Labute approximate surface area is 169 Å². The molecule has 0 amide bonds. The third-order valence-corrected chi connectivity index (χ3v) is 6.97. The fourth-order valence-corrected chi connectivity index (χ4v) is 5.53. The molecular weight excluding hydrogens is 396 g/mol. The van der Waals surface area contributed by atoms with Crippen molar-refractivity contribution in [1.29, 1.82) is 0 Å². The zero-order chi connectivity index (χ0) is 19.7. The molecule has 0 unspecified atom stereocenters. The Kier molecular flexibility index (Phi) is 5.19. The standard InChI is InChI=1S/C19H16N4O3S2/c1-12-18(24)20-19-22(21-12)17(13-5-3-2-4-6-13)16(11-27-19)28-15-9-7-14(8-10-15)23(25)26/h2-10,16-17H,11H2,1H3/t16-,17-/m1/s1. The number of hydrogen-bond donors (Lipinski definition) is 0. The third-order valence-electron chi connectivity index (χ3n) is 4.43. The van der Waals surface area contributed by atoms with E-state index in [1.807, 2.05) is 35.0 Å². The number of nitro groups is 1. The molecule has 1 aliphatic heterocycles. The highest BCUT2D eigenvalue weighted by molar-refractivity contribution is 8.03. The molecule has 0 saturated heterocycles. The number of rotatable bonds is 4. The molecule has 0 radical (unpaired) electrons. The van der Waals surface area contributed by atoms with Crippen molar-refractivity contribution in [1.82, 2.24) is 14.8 Å². The van der Waals surface area contributed by atoms with Crippen molar-refractivity contribution < 1.29 is 4.92 Å². The second-order valence-corrected chi connectivity index (χ2v) is 8.60. The second kappa shape index (κ2) is 7.76. The van der Waals surface area contributed by atoms with Gasteiger partial charge in [0, 0.05) is 28.0 Å². The predicted molar refractivity (Wildman–Crippen MR) is 109 cm³/mol. The fraction of sp³-hybridized carbons (Fsp3) is 0.211. The normalized spacial score (nSPS) is 18.5. The van der Waals surface area contributed by atoms with Gasteiger partial charge >= 0.3 is 0 Å². The number of non-ortho nitro benzene ring substituents is 1. The molecule has 142 valence electrons. The van der Waals surface area contributed by atoms with Gasteiger partial charge in [0.05, 0.1) is 11.0 Å². The molecule has 0 aliphatic carbocycles. The van der Waals surface area contributed by atoms with E-state index in [4.69, 9.17) is 0 Å². The van der Waals surface area contributed by atoms with E-state index in [1.165, 1.54) is 23.9 Å². The SMILES string of the molecule is Cc1nn2c(nc1=O)SC[C@@H](Sc1ccc([N+](=O)[O-])cc1)[C@H]2c1ccccc1. The lowest BCUT2D eigenvalue weighted by molar-refractivity contribution is -0.384. The average molecular weight is 412 g/mol. The van der Waals surface area contributed by atoms with Crippen LogP contribution in [0.1, 0.15) is 17.3 Å². The lowest BCUT2D eigenvalue weighted by Crippen LogP contribution is -2.35. The predicted octanol–water partition coefficient (Wildman–Crippen LogP) is 3.71. The maximum Gasteiger partial charge on any atom is 0.295 e. The van der Waals surface area contributed by atoms with Crippen LogP contribution in [0.3, 0.4) is 0 Å². The van der Waals surface area contributed by atoms with Crippen molar-refractivity contribution >= 4 is 29.2 Å². The summed E-state index contributed by atoms with van der Waals surface area (Å²) in [7, 11) is 0. The van der Waals surface area contributed by atoms with E-state index in [-0.39, 0.29) is 22.5 Å². The van der Waals surface area contributed by atoms with Crippen molar-refractivity contribution in [3.63, 3.8) is 0 Å². The summed E-state index contributed by atoms with van der Waals surface area (Å²) < 4.78 is 1.84. The Bertz CT molecular complexity index is 1070. The zero-order valence-corrected chi connectivity index (χ0v) is 16.5. The van der Waals surface area contributed by atoms with Crippen LogP contribution in [0.2, 0.25) is 0 Å².